The van der Waals surface area contributed by atoms with Gasteiger partial charge in [-0.1, -0.05) is 64.7 Å². The van der Waals surface area contributed by atoms with E-state index in [0.29, 0.717) is 0 Å². The van der Waals surface area contributed by atoms with Gasteiger partial charge in [0.1, 0.15) is 16.9 Å². The van der Waals surface area contributed by atoms with Gasteiger partial charge in [-0.15, -0.1) is 11.8 Å². The van der Waals surface area contributed by atoms with Crippen LogP contribution >= 0.6 is 11.8 Å². The molecule has 0 spiro atoms. The van der Waals surface area contributed by atoms with Crippen molar-refractivity contribution >= 4 is 22.9 Å². The Kier molecular flexibility index (Phi) is 8.31. The summed E-state index contributed by atoms with van der Waals surface area (Å²) in [4.78, 5) is 15.8. The maximum absolute atomic E-state index is 4.34. The number of fused-ring (bicyclic) bond motifs is 1. The van der Waals surface area contributed by atoms with E-state index in [2.05, 4.69) is 26.9 Å². The third-order valence-corrected chi connectivity index (χ3v) is 5.00. The van der Waals surface area contributed by atoms with E-state index in [-0.39, 0.29) is 0 Å². The van der Waals surface area contributed by atoms with Crippen LogP contribution in [-0.2, 0) is 0 Å². The van der Waals surface area contributed by atoms with E-state index in [0.717, 1.165) is 21.9 Å². The number of H-pyrrole nitrogens is 1. The molecule has 0 aliphatic heterocycles. The lowest BCUT2D eigenvalue weighted by Gasteiger charge is -2.03. The van der Waals surface area contributed by atoms with E-state index in [1.54, 1.807) is 12.7 Å². The smallest absolute Gasteiger partial charge is 0.181 e. The summed E-state index contributed by atoms with van der Waals surface area (Å²) in [5.74, 6) is 1.13. The quantitative estimate of drug-likeness (QED) is 0.325. The van der Waals surface area contributed by atoms with Gasteiger partial charge < -0.3 is 4.98 Å². The molecule has 2 rings (SSSR count). The Balaban J connectivity index is 1.49. The molecule has 2 heterocycles. The van der Waals surface area contributed by atoms with Crippen LogP contribution < -0.4 is 0 Å². The summed E-state index contributed by atoms with van der Waals surface area (Å²) >= 11 is 1.81. The number of rotatable bonds is 12. The number of unbranched alkanes of at least 4 members (excludes halogenated alkanes) is 9. The van der Waals surface area contributed by atoms with Crippen molar-refractivity contribution < 1.29 is 0 Å². The molecule has 122 valence electrons. The third-order valence-electron chi connectivity index (χ3n) is 3.92. The van der Waals surface area contributed by atoms with Gasteiger partial charge in [-0.05, 0) is 12.2 Å². The second kappa shape index (κ2) is 10.6. The SMILES string of the molecule is CCCCCCCCCCCCSc1ncnc2nc[nH]c12. The molecule has 0 bridgehead atoms. The molecule has 5 heteroatoms. The summed E-state index contributed by atoms with van der Waals surface area (Å²) < 4.78 is 0. The monoisotopic (exact) mass is 320 g/mol. The van der Waals surface area contributed by atoms with Crippen LogP contribution in [0, 0.1) is 0 Å². The summed E-state index contributed by atoms with van der Waals surface area (Å²) in [6.07, 6.45) is 17.1. The van der Waals surface area contributed by atoms with Gasteiger partial charge in [-0.2, -0.15) is 0 Å². The van der Waals surface area contributed by atoms with Crippen LogP contribution in [0.2, 0.25) is 0 Å². The molecule has 0 unspecified atom stereocenters. The summed E-state index contributed by atoms with van der Waals surface area (Å²) in [6, 6.07) is 0. The van der Waals surface area contributed by atoms with Crippen molar-refractivity contribution in [3.63, 3.8) is 0 Å². The highest BCUT2D eigenvalue weighted by molar-refractivity contribution is 7.99. The van der Waals surface area contributed by atoms with Gasteiger partial charge in [0.25, 0.3) is 0 Å². The molecule has 0 fully saturated rings. The molecule has 0 aromatic carbocycles. The largest absolute Gasteiger partial charge is 0.341 e. The molecule has 0 aliphatic rings. The average molecular weight is 321 g/mol. The van der Waals surface area contributed by atoms with Crippen molar-refractivity contribution in [2.75, 3.05) is 5.75 Å². The van der Waals surface area contributed by atoms with Crippen LogP contribution in [0.4, 0.5) is 0 Å². The van der Waals surface area contributed by atoms with Crippen LogP contribution in [-0.4, -0.2) is 25.7 Å². The summed E-state index contributed by atoms with van der Waals surface area (Å²) in [5.41, 5.74) is 1.74. The van der Waals surface area contributed by atoms with Crippen molar-refractivity contribution in [3.05, 3.63) is 12.7 Å². The Labute approximate surface area is 137 Å². The van der Waals surface area contributed by atoms with Gasteiger partial charge in [0.05, 0.1) is 6.33 Å². The molecule has 2 aromatic heterocycles. The van der Waals surface area contributed by atoms with Gasteiger partial charge in [0.15, 0.2) is 5.65 Å². The zero-order valence-electron chi connectivity index (χ0n) is 13.7. The predicted molar refractivity (Wildman–Crippen MR) is 94.3 cm³/mol. The number of thioether (sulfide) groups is 1. The molecule has 2 aromatic rings. The van der Waals surface area contributed by atoms with Gasteiger partial charge in [0, 0.05) is 0 Å². The minimum absolute atomic E-state index is 0.764. The number of aromatic amines is 1. The number of imidazole rings is 1. The lowest BCUT2D eigenvalue weighted by Crippen LogP contribution is -1.88. The highest BCUT2D eigenvalue weighted by Crippen LogP contribution is 2.23. The molecule has 0 atom stereocenters. The molecule has 4 nitrogen and oxygen atoms in total. The Morgan fingerprint density at radius 3 is 2.27 bits per heavy atom. The van der Waals surface area contributed by atoms with Crippen LogP contribution in [0.15, 0.2) is 17.7 Å². The first-order valence-electron chi connectivity index (χ1n) is 8.68. The highest BCUT2D eigenvalue weighted by Gasteiger charge is 2.05. The standard InChI is InChI=1S/C17H28N4S/c1-2-3-4-5-6-7-8-9-10-11-12-22-17-15-16(19-13-18-15)20-14-21-17/h13-14H,2-12H2,1H3,(H,18,19,20,21). The second-order valence-corrected chi connectivity index (χ2v) is 6.89. The number of nitrogens with one attached hydrogen (secondary N) is 1. The van der Waals surface area contributed by atoms with Crippen molar-refractivity contribution in [2.24, 2.45) is 0 Å². The minimum atomic E-state index is 0.764. The van der Waals surface area contributed by atoms with Gasteiger partial charge in [-0.25, -0.2) is 15.0 Å². The summed E-state index contributed by atoms with van der Waals surface area (Å²) in [7, 11) is 0. The lowest BCUT2D eigenvalue weighted by molar-refractivity contribution is 0.563. The third kappa shape index (κ3) is 5.95. The number of aromatic nitrogens is 4. The molecular formula is C17H28N4S. The van der Waals surface area contributed by atoms with Gasteiger partial charge in [-0.3, -0.25) is 0 Å². The Hall–Kier alpha value is -1.10. The molecule has 0 aliphatic carbocycles. The molecule has 22 heavy (non-hydrogen) atoms. The van der Waals surface area contributed by atoms with E-state index in [4.69, 9.17) is 0 Å². The van der Waals surface area contributed by atoms with Crippen LogP contribution in [0.1, 0.15) is 71.1 Å². The first-order valence-corrected chi connectivity index (χ1v) is 9.67. The fourth-order valence-corrected chi connectivity index (χ4v) is 3.57. The van der Waals surface area contributed by atoms with Gasteiger partial charge in [0.2, 0.25) is 0 Å². The van der Waals surface area contributed by atoms with E-state index in [1.807, 2.05) is 11.8 Å². The van der Waals surface area contributed by atoms with Crippen LogP contribution in [0.25, 0.3) is 11.2 Å². The Bertz CT molecular complexity index is 526. The lowest BCUT2D eigenvalue weighted by atomic mass is 10.1. The zero-order chi connectivity index (χ0) is 15.5. The number of hydrogen-bond donors (Lipinski definition) is 1. The fraction of sp³-hybridized carbons (Fsp3) is 0.706. The molecule has 1 N–H and O–H groups in total. The van der Waals surface area contributed by atoms with E-state index < -0.39 is 0 Å². The van der Waals surface area contributed by atoms with E-state index in [1.165, 1.54) is 64.2 Å². The topological polar surface area (TPSA) is 54.5 Å². The maximum atomic E-state index is 4.34. The van der Waals surface area contributed by atoms with Gasteiger partial charge >= 0.3 is 0 Å². The minimum Gasteiger partial charge on any atom is -0.341 e. The van der Waals surface area contributed by atoms with E-state index in [9.17, 15) is 0 Å². The van der Waals surface area contributed by atoms with Crippen LogP contribution in [0.5, 0.6) is 0 Å². The van der Waals surface area contributed by atoms with Crippen molar-refractivity contribution in [1.82, 2.24) is 19.9 Å². The Morgan fingerprint density at radius 1 is 0.864 bits per heavy atom. The molecule has 0 saturated carbocycles. The molecule has 0 saturated heterocycles. The highest BCUT2D eigenvalue weighted by atomic mass is 32.2. The number of hydrogen-bond acceptors (Lipinski definition) is 4. The van der Waals surface area contributed by atoms with Crippen molar-refractivity contribution in [1.29, 1.82) is 0 Å². The average Bonchev–Trinajstić information content (AvgIpc) is 3.02. The van der Waals surface area contributed by atoms with Crippen LogP contribution in [0.3, 0.4) is 0 Å². The number of nitrogens with zero attached hydrogens (tertiary/aromatic N) is 3. The van der Waals surface area contributed by atoms with Crippen molar-refractivity contribution in [3.8, 4) is 0 Å². The Morgan fingerprint density at radius 2 is 1.55 bits per heavy atom. The second-order valence-electron chi connectivity index (χ2n) is 5.81. The molecule has 0 amide bonds. The van der Waals surface area contributed by atoms with Crippen molar-refractivity contribution in [2.45, 2.75) is 76.2 Å². The first-order chi connectivity index (χ1) is 10.9. The maximum Gasteiger partial charge on any atom is 0.181 e. The summed E-state index contributed by atoms with van der Waals surface area (Å²) in [6.45, 7) is 2.27. The first kappa shape index (κ1) is 17.3. The predicted octanol–water partition coefficient (Wildman–Crippen LogP) is 5.37. The molecule has 0 radical (unpaired) electrons. The summed E-state index contributed by atoms with van der Waals surface area (Å²) in [5, 5.41) is 1.03. The molecular weight excluding hydrogens is 292 g/mol. The van der Waals surface area contributed by atoms with E-state index >= 15 is 0 Å². The zero-order valence-corrected chi connectivity index (χ0v) is 14.5. The fourth-order valence-electron chi connectivity index (χ4n) is 2.61. The normalized spacial score (nSPS) is 11.3.